The Morgan fingerprint density at radius 2 is 2.10 bits per heavy atom. The monoisotopic (exact) mass is 301 g/mol. The third-order valence-electron chi connectivity index (χ3n) is 3.82. The zero-order chi connectivity index (χ0) is 15.1. The smallest absolute Gasteiger partial charge is 0.228 e. The molecule has 0 aliphatic carbocycles. The van der Waals surface area contributed by atoms with E-state index in [0.717, 1.165) is 16.9 Å². The Morgan fingerprint density at radius 1 is 1.33 bits per heavy atom. The molecule has 4 nitrogen and oxygen atoms in total. The molecule has 1 aliphatic heterocycles. The fourth-order valence-electron chi connectivity index (χ4n) is 2.81. The molecule has 0 radical (unpaired) electrons. The second-order valence-electron chi connectivity index (χ2n) is 5.56. The fraction of sp³-hybridized carbons (Fsp3) is 0.312. The molecule has 5 heteroatoms. The lowest BCUT2D eigenvalue weighted by atomic mass is 10.1. The highest BCUT2D eigenvalue weighted by molar-refractivity contribution is 7.12. The molecule has 0 fully saturated rings. The van der Waals surface area contributed by atoms with Crippen molar-refractivity contribution in [2.45, 2.75) is 33.2 Å². The molecule has 2 aromatic rings. The van der Waals surface area contributed by atoms with Gasteiger partial charge < -0.3 is 16.4 Å². The summed E-state index contributed by atoms with van der Waals surface area (Å²) in [6, 6.07) is 6.20. The minimum absolute atomic E-state index is 0.0268. The van der Waals surface area contributed by atoms with Gasteiger partial charge in [0.05, 0.1) is 17.8 Å². The largest absolute Gasteiger partial charge is 0.397 e. The fourth-order valence-corrected chi connectivity index (χ4v) is 3.83. The van der Waals surface area contributed by atoms with Crippen LogP contribution in [0.25, 0.3) is 0 Å². The Bertz CT molecular complexity index is 721. The summed E-state index contributed by atoms with van der Waals surface area (Å²) in [4.78, 5) is 14.1. The van der Waals surface area contributed by atoms with Gasteiger partial charge in [-0.05, 0) is 50.1 Å². The van der Waals surface area contributed by atoms with Crippen molar-refractivity contribution in [3.05, 3.63) is 39.1 Å². The molecule has 3 rings (SSSR count). The van der Waals surface area contributed by atoms with Crippen molar-refractivity contribution in [3.8, 4) is 0 Å². The second kappa shape index (κ2) is 5.07. The highest BCUT2D eigenvalue weighted by atomic mass is 32.1. The molecule has 1 aromatic heterocycles. The van der Waals surface area contributed by atoms with Crippen LogP contribution in [0.3, 0.4) is 0 Å². The number of rotatable bonds is 3. The first kappa shape index (κ1) is 13.9. The standard InChI is InChI=1S/C16H19N3OS/c1-8-4-12(10(3)21-8)9(2)18-15-7-14-11(5-13(15)17)6-16(20)19-14/h4-5,7,9,18H,6,17H2,1-3H3,(H,19,20). The summed E-state index contributed by atoms with van der Waals surface area (Å²) in [6.07, 6.45) is 0.415. The summed E-state index contributed by atoms with van der Waals surface area (Å²) in [5.74, 6) is 0.0268. The number of nitrogens with one attached hydrogen (secondary N) is 2. The van der Waals surface area contributed by atoms with Gasteiger partial charge >= 0.3 is 0 Å². The van der Waals surface area contributed by atoms with E-state index < -0.39 is 0 Å². The van der Waals surface area contributed by atoms with Crippen LogP contribution in [0.15, 0.2) is 18.2 Å². The number of amides is 1. The number of carbonyl (C=O) groups excluding carboxylic acids is 1. The van der Waals surface area contributed by atoms with Crippen LogP contribution in [0.5, 0.6) is 0 Å². The minimum atomic E-state index is 0.0268. The first-order valence-corrected chi connectivity index (χ1v) is 7.81. The molecule has 1 unspecified atom stereocenters. The van der Waals surface area contributed by atoms with Crippen molar-refractivity contribution in [3.63, 3.8) is 0 Å². The quantitative estimate of drug-likeness (QED) is 0.759. The van der Waals surface area contributed by atoms with Gasteiger partial charge in [-0.2, -0.15) is 0 Å². The maximum absolute atomic E-state index is 11.4. The van der Waals surface area contributed by atoms with Crippen molar-refractivity contribution in [1.82, 2.24) is 0 Å². The molecule has 0 saturated heterocycles. The van der Waals surface area contributed by atoms with Crippen LogP contribution in [0.2, 0.25) is 0 Å². The zero-order valence-electron chi connectivity index (χ0n) is 12.4. The van der Waals surface area contributed by atoms with Crippen molar-refractivity contribution >= 4 is 34.3 Å². The molecule has 1 amide bonds. The average molecular weight is 301 g/mol. The number of hydrogen-bond donors (Lipinski definition) is 3. The van der Waals surface area contributed by atoms with Crippen LogP contribution in [0.4, 0.5) is 17.1 Å². The topological polar surface area (TPSA) is 67.1 Å². The highest BCUT2D eigenvalue weighted by Gasteiger charge is 2.20. The summed E-state index contributed by atoms with van der Waals surface area (Å²) in [5.41, 5.74) is 10.8. The number of benzene rings is 1. The third kappa shape index (κ3) is 2.61. The molecule has 21 heavy (non-hydrogen) atoms. The van der Waals surface area contributed by atoms with E-state index in [9.17, 15) is 4.79 Å². The number of hydrogen-bond acceptors (Lipinski definition) is 4. The average Bonchev–Trinajstić information content (AvgIpc) is 2.91. The number of anilines is 3. The van der Waals surface area contributed by atoms with Crippen molar-refractivity contribution in [2.75, 3.05) is 16.4 Å². The van der Waals surface area contributed by atoms with E-state index in [2.05, 4.69) is 37.5 Å². The zero-order valence-corrected chi connectivity index (χ0v) is 13.2. The van der Waals surface area contributed by atoms with E-state index in [1.807, 2.05) is 12.1 Å². The molecular formula is C16H19N3OS. The predicted octanol–water partition coefficient (Wildman–Crippen LogP) is 3.61. The molecule has 2 heterocycles. The minimum Gasteiger partial charge on any atom is -0.397 e. The van der Waals surface area contributed by atoms with Crippen molar-refractivity contribution in [1.29, 1.82) is 0 Å². The number of aryl methyl sites for hydroxylation is 2. The molecule has 0 spiro atoms. The lowest BCUT2D eigenvalue weighted by Crippen LogP contribution is -2.09. The van der Waals surface area contributed by atoms with Crippen molar-refractivity contribution in [2.24, 2.45) is 0 Å². The van der Waals surface area contributed by atoms with Crippen LogP contribution in [-0.4, -0.2) is 5.91 Å². The Hall–Kier alpha value is -2.01. The number of nitrogens with two attached hydrogens (primary N) is 1. The Morgan fingerprint density at radius 3 is 2.76 bits per heavy atom. The van der Waals surface area contributed by atoms with Crippen LogP contribution >= 0.6 is 11.3 Å². The summed E-state index contributed by atoms with van der Waals surface area (Å²) in [5, 5.41) is 6.32. The maximum atomic E-state index is 11.4. The van der Waals surface area contributed by atoms with Crippen LogP contribution in [0, 0.1) is 13.8 Å². The molecule has 1 aromatic carbocycles. The number of carbonyl (C=O) groups is 1. The Labute approximate surface area is 128 Å². The molecule has 110 valence electrons. The van der Waals surface area contributed by atoms with Gasteiger partial charge in [0.15, 0.2) is 0 Å². The molecule has 0 saturated carbocycles. The van der Waals surface area contributed by atoms with E-state index in [1.165, 1.54) is 15.3 Å². The third-order valence-corrected chi connectivity index (χ3v) is 4.80. The normalized spacial score (nSPS) is 14.7. The van der Waals surface area contributed by atoms with Gasteiger partial charge in [-0.3, -0.25) is 4.79 Å². The Balaban J connectivity index is 1.87. The summed E-state index contributed by atoms with van der Waals surface area (Å²) in [6.45, 7) is 6.38. The molecule has 0 bridgehead atoms. The van der Waals surface area contributed by atoms with Gasteiger partial charge in [0, 0.05) is 21.5 Å². The first-order chi connectivity index (χ1) is 9.94. The predicted molar refractivity (Wildman–Crippen MR) is 89.0 cm³/mol. The van der Waals surface area contributed by atoms with Gasteiger partial charge in [-0.15, -0.1) is 11.3 Å². The molecule has 4 N–H and O–H groups in total. The van der Waals surface area contributed by atoms with Gasteiger partial charge in [0.25, 0.3) is 0 Å². The summed E-state index contributed by atoms with van der Waals surface area (Å²) in [7, 11) is 0. The van der Waals surface area contributed by atoms with Crippen LogP contribution < -0.4 is 16.4 Å². The number of thiophene rings is 1. The first-order valence-electron chi connectivity index (χ1n) is 6.99. The molecular weight excluding hydrogens is 282 g/mol. The van der Waals surface area contributed by atoms with Crippen LogP contribution in [-0.2, 0) is 11.2 Å². The van der Waals surface area contributed by atoms with E-state index in [1.54, 1.807) is 11.3 Å². The summed E-state index contributed by atoms with van der Waals surface area (Å²) >= 11 is 1.80. The van der Waals surface area contributed by atoms with Crippen LogP contribution in [0.1, 0.15) is 33.8 Å². The SMILES string of the molecule is Cc1cc(C(C)Nc2cc3c(cc2N)CC(=O)N3)c(C)s1. The summed E-state index contributed by atoms with van der Waals surface area (Å²) < 4.78 is 0. The highest BCUT2D eigenvalue weighted by Crippen LogP contribution is 2.35. The van der Waals surface area contributed by atoms with E-state index in [0.29, 0.717) is 12.1 Å². The Kier molecular flexibility index (Phi) is 3.37. The van der Waals surface area contributed by atoms with E-state index >= 15 is 0 Å². The maximum Gasteiger partial charge on any atom is 0.228 e. The van der Waals surface area contributed by atoms with E-state index in [-0.39, 0.29) is 11.9 Å². The second-order valence-corrected chi connectivity index (χ2v) is 7.02. The lowest BCUT2D eigenvalue weighted by Gasteiger charge is -2.18. The van der Waals surface area contributed by atoms with Gasteiger partial charge in [-0.25, -0.2) is 0 Å². The van der Waals surface area contributed by atoms with Gasteiger partial charge in [0.1, 0.15) is 0 Å². The molecule has 1 atom stereocenters. The van der Waals surface area contributed by atoms with Crippen molar-refractivity contribution < 1.29 is 4.79 Å². The van der Waals surface area contributed by atoms with Gasteiger partial charge in [0.2, 0.25) is 5.91 Å². The number of fused-ring (bicyclic) bond motifs is 1. The lowest BCUT2D eigenvalue weighted by molar-refractivity contribution is -0.115. The van der Waals surface area contributed by atoms with Gasteiger partial charge in [-0.1, -0.05) is 0 Å². The number of nitrogen functional groups attached to an aromatic ring is 1. The molecule has 1 aliphatic rings. The van der Waals surface area contributed by atoms with E-state index in [4.69, 9.17) is 5.73 Å².